The van der Waals surface area contributed by atoms with Crippen LogP contribution in [0.25, 0.3) is 11.1 Å². The number of hydrogen-bond acceptors (Lipinski definition) is 4. The van der Waals surface area contributed by atoms with Crippen LogP contribution in [0.2, 0.25) is 0 Å². The van der Waals surface area contributed by atoms with E-state index in [1.165, 1.54) is 6.92 Å². The van der Waals surface area contributed by atoms with Crippen LogP contribution < -0.4 is 10.6 Å². The van der Waals surface area contributed by atoms with Crippen molar-refractivity contribution in [2.24, 2.45) is 5.92 Å². The van der Waals surface area contributed by atoms with Crippen LogP contribution in [0.4, 0.5) is 4.79 Å². The molecule has 2 amide bonds. The highest BCUT2D eigenvalue weighted by atomic mass is 16.5. The Morgan fingerprint density at radius 3 is 2.15 bits per heavy atom. The van der Waals surface area contributed by atoms with Crippen LogP contribution in [0, 0.1) is 5.92 Å². The summed E-state index contributed by atoms with van der Waals surface area (Å²) in [6.07, 6.45) is 1.88. The smallest absolute Gasteiger partial charge is 0.407 e. The summed E-state index contributed by atoms with van der Waals surface area (Å²) in [5.74, 6) is -1.72. The molecule has 2 aliphatic carbocycles. The first-order chi connectivity index (χ1) is 15.8. The summed E-state index contributed by atoms with van der Waals surface area (Å²) in [5, 5.41) is 14.9. The average Bonchev–Trinajstić information content (AvgIpc) is 3.61. The minimum Gasteiger partial charge on any atom is -0.480 e. The second-order valence-electron chi connectivity index (χ2n) is 9.08. The Hall–Kier alpha value is -3.35. The number of carbonyl (C=O) groups is 3. The van der Waals surface area contributed by atoms with Crippen molar-refractivity contribution in [3.05, 3.63) is 59.7 Å². The van der Waals surface area contributed by atoms with Crippen LogP contribution in [0.1, 0.15) is 56.6 Å². The Labute approximate surface area is 193 Å². The van der Waals surface area contributed by atoms with Gasteiger partial charge in [-0.05, 0) is 54.4 Å². The summed E-state index contributed by atoms with van der Waals surface area (Å²) in [6, 6.07) is 15.3. The lowest BCUT2D eigenvalue weighted by Gasteiger charge is -2.29. The maximum atomic E-state index is 12.9. The lowest BCUT2D eigenvalue weighted by atomic mass is 9.95. The van der Waals surface area contributed by atoms with E-state index in [9.17, 15) is 19.5 Å². The van der Waals surface area contributed by atoms with Crippen molar-refractivity contribution in [1.82, 2.24) is 10.6 Å². The molecule has 4 rings (SSSR count). The van der Waals surface area contributed by atoms with Crippen molar-refractivity contribution in [1.29, 1.82) is 0 Å². The third kappa shape index (κ3) is 4.58. The zero-order chi connectivity index (χ0) is 23.6. The van der Waals surface area contributed by atoms with Crippen molar-refractivity contribution < 1.29 is 24.2 Å². The van der Waals surface area contributed by atoms with E-state index in [-0.39, 0.29) is 18.4 Å². The number of fused-ring (bicyclic) bond motifs is 3. The fourth-order valence-electron chi connectivity index (χ4n) is 4.67. The summed E-state index contributed by atoms with van der Waals surface area (Å²) in [6.45, 7) is 3.58. The van der Waals surface area contributed by atoms with Gasteiger partial charge in [-0.2, -0.15) is 0 Å². The molecule has 1 unspecified atom stereocenters. The average molecular weight is 451 g/mol. The molecular formula is C26H30N2O5. The van der Waals surface area contributed by atoms with Gasteiger partial charge in [0.25, 0.3) is 0 Å². The van der Waals surface area contributed by atoms with E-state index in [1.54, 1.807) is 0 Å². The molecule has 0 heterocycles. The quantitative estimate of drug-likeness (QED) is 0.534. The highest BCUT2D eigenvalue weighted by Gasteiger charge is 2.49. The Morgan fingerprint density at radius 1 is 1.06 bits per heavy atom. The number of nitrogens with one attached hydrogen (secondary N) is 2. The van der Waals surface area contributed by atoms with E-state index < -0.39 is 29.6 Å². The first-order valence-electron chi connectivity index (χ1n) is 11.5. The molecule has 33 heavy (non-hydrogen) atoms. The van der Waals surface area contributed by atoms with Crippen LogP contribution in [-0.4, -0.2) is 41.3 Å². The van der Waals surface area contributed by atoms with E-state index in [1.807, 2.05) is 43.3 Å². The molecule has 0 saturated heterocycles. The summed E-state index contributed by atoms with van der Waals surface area (Å²) in [4.78, 5) is 37.3. The first kappa shape index (κ1) is 22.8. The van der Waals surface area contributed by atoms with Gasteiger partial charge in [-0.3, -0.25) is 4.79 Å². The fourth-order valence-corrected chi connectivity index (χ4v) is 4.67. The largest absolute Gasteiger partial charge is 0.480 e. The van der Waals surface area contributed by atoms with Gasteiger partial charge in [0.1, 0.15) is 18.2 Å². The Bertz CT molecular complexity index is 1020. The zero-order valence-electron chi connectivity index (χ0n) is 19.0. The van der Waals surface area contributed by atoms with Crippen LogP contribution in [0.15, 0.2) is 48.5 Å². The minimum atomic E-state index is -1.33. The van der Waals surface area contributed by atoms with Gasteiger partial charge in [0.2, 0.25) is 5.91 Å². The number of amides is 2. The Kier molecular flexibility index (Phi) is 6.40. The second-order valence-corrected chi connectivity index (χ2v) is 9.08. The van der Waals surface area contributed by atoms with E-state index >= 15 is 0 Å². The number of ether oxygens (including phenoxy) is 1. The standard InChI is InChI=1S/C26H30N2O5/c1-3-8-22(23(29)28-26(2,24(30)31)16-13-14-16)27-25(32)33-15-21-19-11-6-4-9-17(19)18-10-5-7-12-20(18)21/h4-7,9-12,16,21-22H,3,8,13-15H2,1-2H3,(H,27,32)(H,28,29)(H,30,31)/t22-,26?/m0/s1. The summed E-state index contributed by atoms with van der Waals surface area (Å²) in [5.41, 5.74) is 3.16. The molecule has 7 heteroatoms. The highest BCUT2D eigenvalue weighted by Crippen LogP contribution is 2.44. The minimum absolute atomic E-state index is 0.0771. The number of benzene rings is 2. The topological polar surface area (TPSA) is 105 Å². The van der Waals surface area contributed by atoms with E-state index in [0.717, 1.165) is 35.1 Å². The third-order valence-corrected chi connectivity index (χ3v) is 6.75. The SMILES string of the molecule is CCC[C@H](NC(=O)OCC1c2ccccc2-c2ccccc21)C(=O)NC(C)(C(=O)O)C1CC1. The van der Waals surface area contributed by atoms with E-state index in [4.69, 9.17) is 4.74 Å². The Morgan fingerprint density at radius 2 is 1.64 bits per heavy atom. The summed E-state index contributed by atoms with van der Waals surface area (Å²) >= 11 is 0. The third-order valence-electron chi connectivity index (χ3n) is 6.75. The van der Waals surface area contributed by atoms with Gasteiger partial charge >= 0.3 is 12.1 Å². The molecular weight excluding hydrogens is 420 g/mol. The lowest BCUT2D eigenvalue weighted by molar-refractivity contribution is -0.148. The molecule has 1 fully saturated rings. The van der Waals surface area contributed by atoms with Crippen molar-refractivity contribution in [2.75, 3.05) is 6.61 Å². The number of carboxylic acids is 1. The number of aliphatic carboxylic acids is 1. The highest BCUT2D eigenvalue weighted by molar-refractivity contribution is 5.91. The molecule has 0 radical (unpaired) electrons. The van der Waals surface area contributed by atoms with Crippen molar-refractivity contribution in [2.45, 2.75) is 57.0 Å². The molecule has 7 nitrogen and oxygen atoms in total. The molecule has 2 aliphatic rings. The summed E-state index contributed by atoms with van der Waals surface area (Å²) in [7, 11) is 0. The predicted molar refractivity (Wildman–Crippen MR) is 124 cm³/mol. The molecule has 0 bridgehead atoms. The van der Waals surface area contributed by atoms with Gasteiger partial charge in [-0.15, -0.1) is 0 Å². The number of rotatable bonds is 9. The van der Waals surface area contributed by atoms with Crippen LogP contribution in [0.5, 0.6) is 0 Å². The van der Waals surface area contributed by atoms with Crippen LogP contribution >= 0.6 is 0 Å². The normalized spacial score (nSPS) is 17.3. The predicted octanol–water partition coefficient (Wildman–Crippen LogP) is 4.06. The molecule has 2 aromatic carbocycles. The number of hydrogen-bond donors (Lipinski definition) is 3. The van der Waals surface area contributed by atoms with E-state index in [2.05, 4.69) is 22.8 Å². The van der Waals surface area contributed by atoms with Gasteiger partial charge < -0.3 is 20.5 Å². The number of carbonyl (C=O) groups excluding carboxylic acids is 2. The van der Waals surface area contributed by atoms with Crippen molar-refractivity contribution in [3.8, 4) is 11.1 Å². The maximum Gasteiger partial charge on any atom is 0.407 e. The van der Waals surface area contributed by atoms with Gasteiger partial charge in [-0.25, -0.2) is 9.59 Å². The van der Waals surface area contributed by atoms with Crippen LogP contribution in [0.3, 0.4) is 0 Å². The monoisotopic (exact) mass is 450 g/mol. The van der Waals surface area contributed by atoms with Gasteiger partial charge in [-0.1, -0.05) is 61.9 Å². The Balaban J connectivity index is 1.41. The number of carboxylic acid groups (broad SMARTS) is 1. The number of alkyl carbamates (subject to hydrolysis) is 1. The van der Waals surface area contributed by atoms with Crippen LogP contribution in [-0.2, 0) is 14.3 Å². The molecule has 0 spiro atoms. The van der Waals surface area contributed by atoms with Crippen molar-refractivity contribution >= 4 is 18.0 Å². The molecule has 2 aromatic rings. The van der Waals surface area contributed by atoms with Gasteiger partial charge in [0, 0.05) is 5.92 Å². The maximum absolute atomic E-state index is 12.9. The zero-order valence-corrected chi connectivity index (χ0v) is 19.0. The van der Waals surface area contributed by atoms with Gasteiger partial charge in [0.15, 0.2) is 0 Å². The molecule has 1 saturated carbocycles. The fraction of sp³-hybridized carbons (Fsp3) is 0.423. The van der Waals surface area contributed by atoms with E-state index in [0.29, 0.717) is 12.8 Å². The molecule has 0 aliphatic heterocycles. The molecule has 3 N–H and O–H groups in total. The molecule has 0 aromatic heterocycles. The second kappa shape index (κ2) is 9.25. The summed E-state index contributed by atoms with van der Waals surface area (Å²) < 4.78 is 5.56. The first-order valence-corrected chi connectivity index (χ1v) is 11.5. The van der Waals surface area contributed by atoms with Gasteiger partial charge in [0.05, 0.1) is 0 Å². The van der Waals surface area contributed by atoms with Crippen molar-refractivity contribution in [3.63, 3.8) is 0 Å². The lowest BCUT2D eigenvalue weighted by Crippen LogP contribution is -2.59. The molecule has 2 atom stereocenters. The molecule has 174 valence electrons.